The van der Waals surface area contributed by atoms with Gasteiger partial charge in [0.05, 0.1) is 31.5 Å². The lowest BCUT2D eigenvalue weighted by molar-refractivity contribution is 0.0300. The van der Waals surface area contributed by atoms with E-state index in [9.17, 15) is 9.90 Å². The van der Waals surface area contributed by atoms with E-state index in [0.29, 0.717) is 60.8 Å². The molecule has 0 spiro atoms. The maximum absolute atomic E-state index is 13.1. The molecule has 4 N–H and O–H groups in total. The molecule has 1 aromatic carbocycles. The number of terminal acetylenes is 1. The molecule has 0 unspecified atom stereocenters. The van der Waals surface area contributed by atoms with E-state index >= 15 is 0 Å². The van der Waals surface area contributed by atoms with Crippen LogP contribution in [0, 0.1) is 31.6 Å². The van der Waals surface area contributed by atoms with Gasteiger partial charge in [-0.1, -0.05) is 17.0 Å². The number of nitrogens with zero attached hydrogens (tertiary/aromatic N) is 5. The van der Waals surface area contributed by atoms with Crippen LogP contribution in [0.4, 0.5) is 0 Å². The number of nitrogens with two attached hydrogens (primary N) is 1. The van der Waals surface area contributed by atoms with E-state index in [-0.39, 0.29) is 11.9 Å². The molecule has 0 saturated carbocycles. The summed E-state index contributed by atoms with van der Waals surface area (Å²) in [5.74, 6) is 7.30. The lowest BCUT2D eigenvalue weighted by atomic mass is 10.1. The Morgan fingerprint density at radius 2 is 2.03 bits per heavy atom. The molecule has 4 heterocycles. The third kappa shape index (κ3) is 6.98. The van der Waals surface area contributed by atoms with Crippen LogP contribution in [0.3, 0.4) is 0 Å². The maximum Gasteiger partial charge on any atom is 0.275 e. The first-order valence-corrected chi connectivity index (χ1v) is 11.5. The van der Waals surface area contributed by atoms with Crippen LogP contribution in [-0.4, -0.2) is 75.8 Å². The van der Waals surface area contributed by atoms with Gasteiger partial charge in [0.15, 0.2) is 11.7 Å². The molecule has 3 aromatic rings. The van der Waals surface area contributed by atoms with Crippen LogP contribution in [0.15, 0.2) is 46.1 Å². The molecule has 192 valence electrons. The first-order chi connectivity index (χ1) is 17.9. The molecule has 5 rings (SSSR count). The quantitative estimate of drug-likeness (QED) is 0.443. The largest absolute Gasteiger partial charge is 0.381 e. The second kappa shape index (κ2) is 12.9. The maximum atomic E-state index is 13.1. The van der Waals surface area contributed by atoms with Crippen molar-refractivity contribution in [3.63, 3.8) is 0 Å². The molecule has 1 saturated heterocycles. The summed E-state index contributed by atoms with van der Waals surface area (Å²) in [6, 6.07) is 7.30. The molecular weight excluding hydrogens is 474 g/mol. The average molecular weight is 504 g/mol. The molecule has 11 nitrogen and oxygen atoms in total. The highest BCUT2D eigenvalue weighted by atomic mass is 16.5. The predicted molar refractivity (Wildman–Crippen MR) is 140 cm³/mol. The summed E-state index contributed by atoms with van der Waals surface area (Å²) in [6.07, 6.45) is 10.7. The minimum Gasteiger partial charge on any atom is -0.381 e. The zero-order chi connectivity index (χ0) is 26.8. The monoisotopic (exact) mass is 503 g/mol. The number of aliphatic hydroxyl groups excluding tert-OH is 1. The van der Waals surface area contributed by atoms with Crippen molar-refractivity contribution in [2.24, 2.45) is 10.7 Å². The Balaban J connectivity index is 0.000000412. The van der Waals surface area contributed by atoms with Gasteiger partial charge in [-0.2, -0.15) is 5.10 Å². The lowest BCUT2D eigenvalue weighted by Crippen LogP contribution is -2.41. The standard InChI is InChI=1S/C20H22N6O3.C4H5NO.C2H2/c1-13(27)2-3-14-4-5-15-16(12-14)26(17-6-7-22-20(21)23-17)24-18(15)19(28)25-8-10-29-11-9-25;1-4-2-3-5-6-4;1-2/h4-6,12-13,27H,7-11H2,1H3,(H3,21,22,23);2-3H,1H3;1-2H/t13-;;/m1../s1. The second-order valence-corrected chi connectivity index (χ2v) is 7.91. The Kier molecular flexibility index (Phi) is 9.44. The Morgan fingerprint density at radius 3 is 2.62 bits per heavy atom. The van der Waals surface area contributed by atoms with Crippen molar-refractivity contribution >= 4 is 28.6 Å². The Hall–Kier alpha value is -4.58. The smallest absolute Gasteiger partial charge is 0.275 e. The van der Waals surface area contributed by atoms with E-state index in [0.717, 1.165) is 5.76 Å². The van der Waals surface area contributed by atoms with Gasteiger partial charge in [-0.05, 0) is 38.1 Å². The topological polar surface area (TPSA) is 144 Å². The Bertz CT molecular complexity index is 1350. The number of hydrogen-bond acceptors (Lipinski definition) is 9. The molecule has 37 heavy (non-hydrogen) atoms. The zero-order valence-corrected chi connectivity index (χ0v) is 20.7. The van der Waals surface area contributed by atoms with Gasteiger partial charge in [0.2, 0.25) is 0 Å². The van der Waals surface area contributed by atoms with E-state index in [1.165, 1.54) is 0 Å². The summed E-state index contributed by atoms with van der Waals surface area (Å²) >= 11 is 0. The second-order valence-electron chi connectivity index (χ2n) is 7.91. The highest BCUT2D eigenvalue weighted by molar-refractivity contribution is 6.06. The van der Waals surface area contributed by atoms with Crippen LogP contribution < -0.4 is 11.1 Å². The number of benzene rings is 1. The van der Waals surface area contributed by atoms with E-state index in [1.807, 2.05) is 31.2 Å². The van der Waals surface area contributed by atoms with Gasteiger partial charge in [-0.25, -0.2) is 9.67 Å². The number of aryl methyl sites for hydroxylation is 1. The molecule has 1 fully saturated rings. The summed E-state index contributed by atoms with van der Waals surface area (Å²) in [4.78, 5) is 19.0. The molecule has 1 atom stereocenters. The number of aromatic nitrogens is 3. The van der Waals surface area contributed by atoms with Gasteiger partial charge >= 0.3 is 0 Å². The molecule has 2 aliphatic rings. The van der Waals surface area contributed by atoms with Crippen molar-refractivity contribution in [3.05, 3.63) is 53.6 Å². The third-order valence-corrected chi connectivity index (χ3v) is 5.20. The van der Waals surface area contributed by atoms with E-state index in [4.69, 9.17) is 10.5 Å². The number of rotatable bonds is 2. The summed E-state index contributed by atoms with van der Waals surface area (Å²) in [5, 5.41) is 21.2. The highest BCUT2D eigenvalue weighted by Gasteiger charge is 2.25. The number of fused-ring (bicyclic) bond motifs is 1. The third-order valence-electron chi connectivity index (χ3n) is 5.20. The number of guanidine groups is 1. The van der Waals surface area contributed by atoms with Crippen LogP contribution >= 0.6 is 0 Å². The number of aliphatic imine (C=N–C) groups is 1. The fraction of sp³-hybridized carbons (Fsp3) is 0.308. The number of hydrogen-bond donors (Lipinski definition) is 3. The van der Waals surface area contributed by atoms with Gasteiger partial charge in [0.1, 0.15) is 17.7 Å². The summed E-state index contributed by atoms with van der Waals surface area (Å²) in [7, 11) is 0. The average Bonchev–Trinajstić information content (AvgIpc) is 3.55. The van der Waals surface area contributed by atoms with Crippen molar-refractivity contribution < 1.29 is 19.2 Å². The first kappa shape index (κ1) is 27.0. The van der Waals surface area contributed by atoms with E-state index in [1.54, 1.807) is 28.8 Å². The van der Waals surface area contributed by atoms with Crippen molar-refractivity contribution in [3.8, 4) is 24.7 Å². The molecule has 11 heteroatoms. The number of carbonyl (C=O) groups is 1. The molecule has 0 aliphatic carbocycles. The van der Waals surface area contributed by atoms with Crippen molar-refractivity contribution in [1.82, 2.24) is 25.2 Å². The number of carbonyl (C=O) groups excluding carboxylic acids is 1. The zero-order valence-electron chi connectivity index (χ0n) is 20.7. The summed E-state index contributed by atoms with van der Waals surface area (Å²) < 4.78 is 11.6. The van der Waals surface area contributed by atoms with Crippen LogP contribution in [0.1, 0.15) is 28.7 Å². The van der Waals surface area contributed by atoms with Crippen molar-refractivity contribution in [2.75, 3.05) is 32.8 Å². The number of ether oxygens (including phenoxy) is 1. The van der Waals surface area contributed by atoms with Gasteiger partial charge in [0, 0.05) is 30.1 Å². The van der Waals surface area contributed by atoms with Crippen LogP contribution in [0.25, 0.3) is 16.7 Å². The first-order valence-electron chi connectivity index (χ1n) is 11.5. The minimum absolute atomic E-state index is 0.141. The number of aliphatic hydroxyl groups is 1. The fourth-order valence-electron chi connectivity index (χ4n) is 3.51. The summed E-state index contributed by atoms with van der Waals surface area (Å²) in [5.41, 5.74) is 7.61. The van der Waals surface area contributed by atoms with Crippen molar-refractivity contribution in [1.29, 1.82) is 0 Å². The molecule has 1 amide bonds. The van der Waals surface area contributed by atoms with Gasteiger partial charge in [0.25, 0.3) is 5.91 Å². The van der Waals surface area contributed by atoms with Gasteiger partial charge < -0.3 is 30.3 Å². The van der Waals surface area contributed by atoms with Crippen LogP contribution in [0.5, 0.6) is 0 Å². The highest BCUT2D eigenvalue weighted by Crippen LogP contribution is 2.24. The number of nitrogens with one attached hydrogen (secondary N) is 1. The normalized spacial score (nSPS) is 15.3. The molecule has 0 radical (unpaired) electrons. The lowest BCUT2D eigenvalue weighted by Gasteiger charge is -2.26. The van der Waals surface area contributed by atoms with E-state index < -0.39 is 6.10 Å². The minimum atomic E-state index is -0.729. The van der Waals surface area contributed by atoms with Gasteiger partial charge in [-0.3, -0.25) is 4.79 Å². The summed E-state index contributed by atoms with van der Waals surface area (Å²) in [6.45, 7) is 5.98. The SMILES string of the molecule is C#C.C[C@@H](O)C#Cc1ccc2c(C(=O)N3CCOCC3)nn(C3=CCN=C(N)N3)c2c1.Cc1ccno1. The van der Waals surface area contributed by atoms with Crippen LogP contribution in [-0.2, 0) is 4.74 Å². The molecule has 2 aromatic heterocycles. The predicted octanol–water partition coefficient (Wildman–Crippen LogP) is 1.19. The van der Waals surface area contributed by atoms with Gasteiger partial charge in [-0.15, -0.1) is 12.8 Å². The van der Waals surface area contributed by atoms with Crippen LogP contribution in [0.2, 0.25) is 0 Å². The molecule has 0 bridgehead atoms. The van der Waals surface area contributed by atoms with E-state index in [2.05, 4.69) is 49.8 Å². The Morgan fingerprint density at radius 1 is 1.27 bits per heavy atom. The number of amides is 1. The fourth-order valence-corrected chi connectivity index (χ4v) is 3.51. The molecular formula is C26H29N7O4. The van der Waals surface area contributed by atoms with Crippen molar-refractivity contribution in [2.45, 2.75) is 20.0 Å². The molecule has 2 aliphatic heterocycles. The Labute approximate surface area is 215 Å². The number of morpholine rings is 1.